The van der Waals surface area contributed by atoms with Gasteiger partial charge in [0.2, 0.25) is 5.89 Å². The molecule has 54 heavy (non-hydrogen) atoms. The highest BCUT2D eigenvalue weighted by molar-refractivity contribution is 5.99. The molecule has 0 unspecified atom stereocenters. The third-order valence-electron chi connectivity index (χ3n) is 10.6. The van der Waals surface area contributed by atoms with Crippen molar-refractivity contribution in [2.45, 2.75) is 12.8 Å². The summed E-state index contributed by atoms with van der Waals surface area (Å²) in [6.45, 7) is 0. The van der Waals surface area contributed by atoms with E-state index in [2.05, 4.69) is 181 Å². The lowest BCUT2D eigenvalue weighted by molar-refractivity contribution is 0.620. The van der Waals surface area contributed by atoms with Crippen molar-refractivity contribution in [3.05, 3.63) is 199 Å². The number of hydrogen-bond donors (Lipinski definition) is 0. The molecule has 9 aromatic rings. The van der Waals surface area contributed by atoms with Crippen LogP contribution in [-0.2, 0) is 6.42 Å². The molecule has 256 valence electrons. The van der Waals surface area contributed by atoms with Crippen LogP contribution in [-0.4, -0.2) is 4.98 Å². The van der Waals surface area contributed by atoms with Gasteiger partial charge < -0.3 is 9.32 Å². The normalized spacial score (nSPS) is 12.2. The van der Waals surface area contributed by atoms with Crippen molar-refractivity contribution in [1.29, 1.82) is 0 Å². The van der Waals surface area contributed by atoms with Crippen molar-refractivity contribution in [3.8, 4) is 44.8 Å². The third kappa shape index (κ3) is 5.77. The van der Waals surface area contributed by atoms with Crippen LogP contribution in [0.25, 0.3) is 72.8 Å². The Hall–Kier alpha value is -6.97. The van der Waals surface area contributed by atoms with Crippen molar-refractivity contribution in [2.24, 2.45) is 0 Å². The number of rotatable bonds is 7. The van der Waals surface area contributed by atoms with Crippen LogP contribution in [0.4, 0.5) is 17.1 Å². The average molecular weight is 693 g/mol. The molecule has 0 atom stereocenters. The second-order valence-electron chi connectivity index (χ2n) is 13.9. The standard InChI is InChI=1S/C51H36N2O/c1-3-13-40(14-4-1)51-52-49-47-20-10-8-15-41(47)34-48(50(49)54-51)39-24-22-35(23-25-39)36-26-30-43(31-27-36)53(42-17-5-2-6-18-42)44-32-28-38(29-33-44)46-21-11-16-37-12-7-9-19-45(37)46/h1-7,9-14,16-34H,8,15H2. The van der Waals surface area contributed by atoms with Crippen molar-refractivity contribution < 1.29 is 4.42 Å². The zero-order chi connectivity index (χ0) is 35.8. The van der Waals surface area contributed by atoms with E-state index in [9.17, 15) is 0 Å². The maximum Gasteiger partial charge on any atom is 0.227 e. The van der Waals surface area contributed by atoms with E-state index in [1.165, 1.54) is 33.0 Å². The van der Waals surface area contributed by atoms with E-state index in [0.29, 0.717) is 5.89 Å². The van der Waals surface area contributed by atoms with Crippen molar-refractivity contribution >= 4 is 45.0 Å². The van der Waals surface area contributed by atoms with Gasteiger partial charge in [-0.25, -0.2) is 4.98 Å². The number of benzene rings is 8. The minimum absolute atomic E-state index is 0.654. The molecule has 1 aromatic heterocycles. The number of nitrogens with zero attached hydrogens (tertiary/aromatic N) is 2. The molecular formula is C51H36N2O. The van der Waals surface area contributed by atoms with Gasteiger partial charge in [0.05, 0.1) is 0 Å². The van der Waals surface area contributed by atoms with Crippen LogP contribution in [0.15, 0.2) is 192 Å². The molecule has 0 aliphatic heterocycles. The number of aryl methyl sites for hydroxylation is 1. The topological polar surface area (TPSA) is 29.3 Å². The molecule has 0 N–H and O–H groups in total. The van der Waals surface area contributed by atoms with Crippen molar-refractivity contribution in [1.82, 2.24) is 4.98 Å². The van der Waals surface area contributed by atoms with Crippen LogP contribution < -0.4 is 4.90 Å². The molecule has 1 heterocycles. The van der Waals surface area contributed by atoms with Crippen molar-refractivity contribution in [2.75, 3.05) is 4.90 Å². The molecule has 0 saturated heterocycles. The zero-order valence-corrected chi connectivity index (χ0v) is 29.7. The molecule has 10 rings (SSSR count). The Morgan fingerprint density at radius 1 is 0.481 bits per heavy atom. The third-order valence-corrected chi connectivity index (χ3v) is 10.6. The minimum Gasteiger partial charge on any atom is -0.435 e. The number of para-hydroxylation sites is 1. The predicted octanol–water partition coefficient (Wildman–Crippen LogP) is 14.1. The number of aromatic nitrogens is 1. The lowest BCUT2D eigenvalue weighted by Gasteiger charge is -2.26. The van der Waals surface area contributed by atoms with Crippen LogP contribution in [0, 0.1) is 0 Å². The molecule has 0 fully saturated rings. The van der Waals surface area contributed by atoms with E-state index in [1.807, 2.05) is 18.2 Å². The maximum absolute atomic E-state index is 6.53. The minimum atomic E-state index is 0.654. The summed E-state index contributed by atoms with van der Waals surface area (Å²) in [5.74, 6) is 0.654. The Labute approximate surface area is 315 Å². The highest BCUT2D eigenvalue weighted by atomic mass is 16.3. The Morgan fingerprint density at radius 2 is 1.06 bits per heavy atom. The first-order valence-corrected chi connectivity index (χ1v) is 18.6. The Kier molecular flexibility index (Phi) is 7.96. The van der Waals surface area contributed by atoms with E-state index in [-0.39, 0.29) is 0 Å². The Morgan fingerprint density at radius 3 is 1.80 bits per heavy atom. The number of oxazole rings is 1. The van der Waals surface area contributed by atoms with E-state index >= 15 is 0 Å². The zero-order valence-electron chi connectivity index (χ0n) is 29.7. The quantitative estimate of drug-likeness (QED) is 0.166. The Bertz CT molecular complexity index is 2780. The van der Waals surface area contributed by atoms with Gasteiger partial charge in [-0.05, 0) is 112 Å². The number of allylic oxidation sites excluding steroid dienone is 1. The van der Waals surface area contributed by atoms with Crippen molar-refractivity contribution in [3.63, 3.8) is 0 Å². The SMILES string of the molecule is C1=Cc2c(cc(-c3ccc(-c4ccc(N(c5ccccc5)c5ccc(-c6cccc7ccccc67)cc5)cc4)cc3)c3oc(-c4ccccc4)nc23)CC1. The van der Waals surface area contributed by atoms with E-state index in [0.717, 1.165) is 68.8 Å². The molecule has 0 saturated carbocycles. The van der Waals surface area contributed by atoms with Crippen LogP contribution in [0.3, 0.4) is 0 Å². The number of fused-ring (bicyclic) bond motifs is 4. The molecular weight excluding hydrogens is 657 g/mol. The first-order valence-electron chi connectivity index (χ1n) is 18.6. The van der Waals surface area contributed by atoms with Gasteiger partial charge in [0.15, 0.2) is 5.58 Å². The van der Waals surface area contributed by atoms with Gasteiger partial charge >= 0.3 is 0 Å². The molecule has 8 aromatic carbocycles. The monoisotopic (exact) mass is 692 g/mol. The molecule has 0 radical (unpaired) electrons. The first kappa shape index (κ1) is 31.7. The van der Waals surface area contributed by atoms with Gasteiger partial charge in [0.25, 0.3) is 0 Å². The molecule has 3 heteroatoms. The van der Waals surface area contributed by atoms with Gasteiger partial charge in [-0.2, -0.15) is 0 Å². The fourth-order valence-corrected chi connectivity index (χ4v) is 7.84. The van der Waals surface area contributed by atoms with E-state index in [4.69, 9.17) is 9.40 Å². The molecule has 1 aliphatic rings. The smallest absolute Gasteiger partial charge is 0.227 e. The summed E-state index contributed by atoms with van der Waals surface area (Å²) in [7, 11) is 0. The summed E-state index contributed by atoms with van der Waals surface area (Å²) in [6, 6.07) is 64.8. The summed E-state index contributed by atoms with van der Waals surface area (Å²) in [4.78, 5) is 7.34. The fraction of sp³-hybridized carbons (Fsp3) is 0.0392. The molecule has 0 amide bonds. The summed E-state index contributed by atoms with van der Waals surface area (Å²) in [6.07, 6.45) is 6.48. The average Bonchev–Trinajstić information content (AvgIpc) is 3.71. The largest absolute Gasteiger partial charge is 0.435 e. The second kappa shape index (κ2) is 13.5. The lowest BCUT2D eigenvalue weighted by atomic mass is 9.91. The van der Waals surface area contributed by atoms with E-state index in [1.54, 1.807) is 0 Å². The molecule has 3 nitrogen and oxygen atoms in total. The Balaban J connectivity index is 0.968. The first-order chi connectivity index (χ1) is 26.8. The van der Waals surface area contributed by atoms with Crippen LogP contribution >= 0.6 is 0 Å². The number of hydrogen-bond acceptors (Lipinski definition) is 3. The summed E-state index contributed by atoms with van der Waals surface area (Å²) < 4.78 is 6.53. The molecule has 1 aliphatic carbocycles. The highest BCUT2D eigenvalue weighted by Crippen LogP contribution is 2.40. The molecule has 0 spiro atoms. The highest BCUT2D eigenvalue weighted by Gasteiger charge is 2.20. The van der Waals surface area contributed by atoms with Gasteiger partial charge in [-0.3, -0.25) is 0 Å². The van der Waals surface area contributed by atoms with Gasteiger partial charge in [0.1, 0.15) is 5.52 Å². The fourth-order valence-electron chi connectivity index (χ4n) is 7.84. The lowest BCUT2D eigenvalue weighted by Crippen LogP contribution is -2.09. The second-order valence-corrected chi connectivity index (χ2v) is 13.9. The number of anilines is 3. The van der Waals surface area contributed by atoms with Crippen LogP contribution in [0.5, 0.6) is 0 Å². The molecule has 0 bridgehead atoms. The van der Waals surface area contributed by atoms with Gasteiger partial charge in [0, 0.05) is 33.8 Å². The van der Waals surface area contributed by atoms with Crippen LogP contribution in [0.1, 0.15) is 17.5 Å². The van der Waals surface area contributed by atoms with E-state index < -0.39 is 0 Å². The maximum atomic E-state index is 6.53. The summed E-state index contributed by atoms with van der Waals surface area (Å²) in [5.41, 5.74) is 15.5. The predicted molar refractivity (Wildman–Crippen MR) is 225 cm³/mol. The van der Waals surface area contributed by atoms with Crippen LogP contribution in [0.2, 0.25) is 0 Å². The van der Waals surface area contributed by atoms with Gasteiger partial charge in [-0.1, -0.05) is 140 Å². The summed E-state index contributed by atoms with van der Waals surface area (Å²) >= 11 is 0. The summed E-state index contributed by atoms with van der Waals surface area (Å²) in [5, 5.41) is 2.51. The van der Waals surface area contributed by atoms with Gasteiger partial charge in [-0.15, -0.1) is 0 Å².